The van der Waals surface area contributed by atoms with Crippen molar-refractivity contribution in [3.05, 3.63) is 30.1 Å². The summed E-state index contributed by atoms with van der Waals surface area (Å²) >= 11 is 0. The number of nitrogens with one attached hydrogen (secondary N) is 4. The van der Waals surface area contributed by atoms with Gasteiger partial charge in [0.2, 0.25) is 5.69 Å². The van der Waals surface area contributed by atoms with Gasteiger partial charge in [0.1, 0.15) is 26.2 Å². The van der Waals surface area contributed by atoms with Crippen LogP contribution in [-0.2, 0) is 6.54 Å². The van der Waals surface area contributed by atoms with Crippen LogP contribution in [0.2, 0.25) is 0 Å². The number of piperidine rings is 1. The first-order chi connectivity index (χ1) is 9.81. The second kappa shape index (κ2) is 6.66. The number of rotatable bonds is 3. The Morgan fingerprint density at radius 1 is 1.05 bits per heavy atom. The highest BCUT2D eigenvalue weighted by atomic mass is 15.3. The summed E-state index contributed by atoms with van der Waals surface area (Å²) in [6.45, 7) is 9.36. The van der Waals surface area contributed by atoms with Crippen molar-refractivity contribution in [2.75, 3.05) is 46.3 Å². The Kier molecular flexibility index (Phi) is 4.65. The van der Waals surface area contributed by atoms with E-state index >= 15 is 0 Å². The Morgan fingerprint density at radius 3 is 2.45 bits per heavy atom. The topological polar surface area (TPSA) is 27.5 Å². The van der Waals surface area contributed by atoms with E-state index in [2.05, 4.69) is 30.2 Å². The third-order valence-electron chi connectivity index (χ3n) is 5.23. The lowest BCUT2D eigenvalue weighted by molar-refractivity contribution is -1.02. The number of quaternary nitrogens is 3. The molecule has 0 atom stereocenters. The molecule has 1 aromatic heterocycles. The van der Waals surface area contributed by atoms with Crippen LogP contribution in [0.4, 0.5) is 0 Å². The summed E-state index contributed by atoms with van der Waals surface area (Å²) in [5.74, 6) is 0. The van der Waals surface area contributed by atoms with E-state index in [1.165, 1.54) is 57.8 Å². The Morgan fingerprint density at radius 2 is 1.80 bits per heavy atom. The molecule has 0 amide bonds. The minimum Gasteiger partial charge on any atom is -0.328 e. The van der Waals surface area contributed by atoms with Crippen LogP contribution in [0.3, 0.4) is 0 Å². The molecule has 4 heteroatoms. The van der Waals surface area contributed by atoms with Gasteiger partial charge in [0.15, 0.2) is 12.7 Å². The van der Waals surface area contributed by atoms with Crippen molar-refractivity contribution in [3.63, 3.8) is 0 Å². The zero-order valence-electron chi connectivity index (χ0n) is 12.8. The van der Waals surface area contributed by atoms with Crippen LogP contribution in [-0.4, -0.2) is 52.4 Å². The number of hydrogen-bond acceptors (Lipinski definition) is 0. The van der Waals surface area contributed by atoms with E-state index in [9.17, 15) is 0 Å². The number of likely N-dealkylation sites (tertiary alicyclic amines) is 1. The lowest BCUT2D eigenvalue weighted by Gasteiger charge is -2.36. The highest BCUT2D eigenvalue weighted by molar-refractivity contribution is 4.94. The van der Waals surface area contributed by atoms with Gasteiger partial charge in [-0.25, -0.2) is 4.98 Å². The molecule has 1 aromatic rings. The number of H-pyrrole nitrogens is 1. The molecule has 20 heavy (non-hydrogen) atoms. The average Bonchev–Trinajstić information content (AvgIpc) is 2.50. The monoisotopic (exact) mass is 278 g/mol. The van der Waals surface area contributed by atoms with Crippen LogP contribution in [0, 0.1) is 0 Å². The first-order valence-corrected chi connectivity index (χ1v) is 8.26. The summed E-state index contributed by atoms with van der Waals surface area (Å²) in [7, 11) is 2.33. The van der Waals surface area contributed by atoms with Crippen LogP contribution in [0.15, 0.2) is 24.4 Å². The second-order valence-electron chi connectivity index (χ2n) is 6.70. The quantitative estimate of drug-likeness (QED) is 0.511. The largest absolute Gasteiger partial charge is 0.328 e. The fourth-order valence-electron chi connectivity index (χ4n) is 3.83. The summed E-state index contributed by atoms with van der Waals surface area (Å²) in [5.41, 5.74) is 1.37. The van der Waals surface area contributed by atoms with Crippen molar-refractivity contribution in [3.8, 4) is 0 Å². The predicted molar refractivity (Wildman–Crippen MR) is 77.7 cm³/mol. The molecule has 0 aromatic carbocycles. The van der Waals surface area contributed by atoms with Crippen LogP contribution in [0.25, 0.3) is 0 Å². The van der Waals surface area contributed by atoms with Gasteiger partial charge in [0.25, 0.3) is 0 Å². The van der Waals surface area contributed by atoms with E-state index in [1.807, 2.05) is 11.1 Å². The Balaban J connectivity index is 1.45. The first kappa shape index (κ1) is 14.0. The summed E-state index contributed by atoms with van der Waals surface area (Å²) in [5, 5.41) is 0. The molecule has 3 heterocycles. The van der Waals surface area contributed by atoms with Gasteiger partial charge in [-0.3, -0.25) is 0 Å². The molecule has 0 unspecified atom stereocenters. The summed E-state index contributed by atoms with van der Waals surface area (Å²) < 4.78 is 0. The summed E-state index contributed by atoms with van der Waals surface area (Å²) in [6.07, 6.45) is 4.87. The fourth-order valence-corrected chi connectivity index (χ4v) is 3.83. The summed E-state index contributed by atoms with van der Waals surface area (Å²) in [6, 6.07) is 7.35. The zero-order chi connectivity index (χ0) is 13.8. The maximum absolute atomic E-state index is 3.37. The van der Waals surface area contributed by atoms with Crippen LogP contribution < -0.4 is 19.7 Å². The molecule has 4 N–H and O–H groups in total. The van der Waals surface area contributed by atoms with Crippen LogP contribution in [0.1, 0.15) is 18.5 Å². The highest BCUT2D eigenvalue weighted by Gasteiger charge is 2.33. The number of hydrogen-bond donors (Lipinski definition) is 3. The fraction of sp³-hybridized carbons (Fsp3) is 0.688. The highest BCUT2D eigenvalue weighted by Crippen LogP contribution is 1.96. The van der Waals surface area contributed by atoms with E-state index in [1.54, 1.807) is 9.80 Å². The van der Waals surface area contributed by atoms with Crippen molar-refractivity contribution in [2.45, 2.75) is 25.4 Å². The van der Waals surface area contributed by atoms with E-state index in [4.69, 9.17) is 0 Å². The molecule has 0 spiro atoms. The molecule has 0 radical (unpaired) electrons. The van der Waals surface area contributed by atoms with Gasteiger partial charge in [-0.1, -0.05) is 0 Å². The third kappa shape index (κ3) is 3.57. The molecule has 0 saturated carbocycles. The van der Waals surface area contributed by atoms with E-state index in [-0.39, 0.29) is 0 Å². The molecule has 2 aliphatic rings. The van der Waals surface area contributed by atoms with Gasteiger partial charge >= 0.3 is 0 Å². The van der Waals surface area contributed by atoms with Gasteiger partial charge in [-0.15, -0.1) is 0 Å². The van der Waals surface area contributed by atoms with Crippen molar-refractivity contribution in [2.24, 2.45) is 0 Å². The van der Waals surface area contributed by atoms with E-state index < -0.39 is 0 Å². The van der Waals surface area contributed by atoms with Crippen molar-refractivity contribution >= 4 is 0 Å². The number of pyridine rings is 1. The molecular weight excluding hydrogens is 248 g/mol. The van der Waals surface area contributed by atoms with Crippen molar-refractivity contribution < 1.29 is 19.7 Å². The van der Waals surface area contributed by atoms with Crippen molar-refractivity contribution in [1.82, 2.24) is 0 Å². The zero-order valence-corrected chi connectivity index (χ0v) is 12.8. The number of piperazine rings is 1. The maximum atomic E-state index is 3.37. The Labute approximate surface area is 122 Å². The number of aromatic nitrogens is 1. The second-order valence-corrected chi connectivity index (χ2v) is 6.70. The smallest absolute Gasteiger partial charge is 0.234 e. The predicted octanol–water partition coefficient (Wildman–Crippen LogP) is -3.54. The maximum Gasteiger partial charge on any atom is 0.234 e. The molecular formula is C16H30N4+4. The minimum absolute atomic E-state index is 0.937. The van der Waals surface area contributed by atoms with Gasteiger partial charge in [-0.05, 0) is 6.07 Å². The molecule has 3 rings (SSSR count). The Bertz CT molecular complexity index is 392. The standard InChI is InChI=1S/C16H26N4/c1-18-10-12-20(13-11-18)16-5-8-19(9-6-16)14-15-4-2-3-7-17-15/h2-4,7,16H,5-6,8-14H2,1H3/p+4. The van der Waals surface area contributed by atoms with Crippen LogP contribution >= 0.6 is 0 Å². The van der Waals surface area contributed by atoms with Gasteiger partial charge in [0.05, 0.1) is 26.2 Å². The SMILES string of the molecule is C[NH+]1CC[NH+](C2CC[NH+](Cc3cccc[nH+]3)CC2)CC1. The van der Waals surface area contributed by atoms with Gasteiger partial charge in [0, 0.05) is 25.0 Å². The van der Waals surface area contributed by atoms with Gasteiger partial charge in [-0.2, -0.15) is 0 Å². The molecule has 4 nitrogen and oxygen atoms in total. The van der Waals surface area contributed by atoms with E-state index in [0.717, 1.165) is 12.6 Å². The molecule has 0 bridgehead atoms. The minimum atomic E-state index is 0.937. The van der Waals surface area contributed by atoms with Crippen molar-refractivity contribution in [1.29, 1.82) is 0 Å². The van der Waals surface area contributed by atoms with Crippen LogP contribution in [0.5, 0.6) is 0 Å². The third-order valence-corrected chi connectivity index (χ3v) is 5.23. The number of aromatic amines is 1. The summed E-state index contributed by atoms with van der Waals surface area (Å²) in [4.78, 5) is 8.73. The average molecular weight is 278 g/mol. The lowest BCUT2D eigenvalue weighted by Crippen LogP contribution is -3.29. The molecule has 2 fully saturated rings. The molecule has 110 valence electrons. The molecule has 0 aliphatic carbocycles. The van der Waals surface area contributed by atoms with Gasteiger partial charge < -0.3 is 14.7 Å². The molecule has 2 aliphatic heterocycles. The molecule has 2 saturated heterocycles. The first-order valence-electron chi connectivity index (χ1n) is 8.26. The normalized spacial score (nSPS) is 34.9. The van der Waals surface area contributed by atoms with E-state index in [0.29, 0.717) is 0 Å². The Hall–Kier alpha value is -0.970. The lowest BCUT2D eigenvalue weighted by atomic mass is 10.0. The number of likely N-dealkylation sites (N-methyl/N-ethyl adjacent to an activating group) is 1.